The van der Waals surface area contributed by atoms with Crippen molar-refractivity contribution in [2.24, 2.45) is 0 Å². The van der Waals surface area contributed by atoms with Crippen LogP contribution in [0.25, 0.3) is 22.3 Å². The van der Waals surface area contributed by atoms with Crippen molar-refractivity contribution in [2.75, 3.05) is 6.54 Å². The van der Waals surface area contributed by atoms with E-state index in [1.807, 2.05) is 41.0 Å². The molecule has 1 amide bonds. The summed E-state index contributed by atoms with van der Waals surface area (Å²) in [5.41, 5.74) is 4.08. The first-order valence-corrected chi connectivity index (χ1v) is 10.2. The molecule has 0 aliphatic heterocycles. The molecule has 4 rings (SSSR count). The summed E-state index contributed by atoms with van der Waals surface area (Å²) in [7, 11) is 0. The molecule has 142 valence electrons. The number of pyridine rings is 1. The molecule has 0 spiro atoms. The van der Waals surface area contributed by atoms with Gasteiger partial charge < -0.3 is 9.88 Å². The minimum absolute atomic E-state index is 0.0643. The third-order valence-electron chi connectivity index (χ3n) is 4.52. The molecular weight excluding hydrogens is 370 g/mol. The first kappa shape index (κ1) is 18.3. The second kappa shape index (κ2) is 8.75. The van der Waals surface area contributed by atoms with Crippen molar-refractivity contribution in [1.29, 1.82) is 0 Å². The van der Waals surface area contributed by atoms with Crippen molar-refractivity contribution in [2.45, 2.75) is 25.8 Å². The molecule has 0 bridgehead atoms. The van der Waals surface area contributed by atoms with Crippen LogP contribution in [0.15, 0.2) is 60.5 Å². The molecule has 1 aromatic carbocycles. The summed E-state index contributed by atoms with van der Waals surface area (Å²) < 4.78 is 2.02. The molecule has 28 heavy (non-hydrogen) atoms. The van der Waals surface area contributed by atoms with E-state index >= 15 is 0 Å². The van der Waals surface area contributed by atoms with Crippen LogP contribution >= 0.6 is 11.3 Å². The highest BCUT2D eigenvalue weighted by atomic mass is 32.1. The first-order valence-electron chi connectivity index (χ1n) is 9.31. The van der Waals surface area contributed by atoms with E-state index in [2.05, 4.69) is 25.6 Å². The second-order valence-corrected chi connectivity index (χ2v) is 7.44. The average Bonchev–Trinajstić information content (AvgIpc) is 3.38. The van der Waals surface area contributed by atoms with Gasteiger partial charge in [0.2, 0.25) is 5.91 Å². The van der Waals surface area contributed by atoms with E-state index in [-0.39, 0.29) is 5.91 Å². The number of rotatable bonds is 8. The highest BCUT2D eigenvalue weighted by molar-refractivity contribution is 7.09. The lowest BCUT2D eigenvalue weighted by Gasteiger charge is -2.06. The Labute approximate surface area is 167 Å². The van der Waals surface area contributed by atoms with Crippen LogP contribution in [0.4, 0.5) is 0 Å². The Morgan fingerprint density at radius 3 is 2.89 bits per heavy atom. The van der Waals surface area contributed by atoms with E-state index < -0.39 is 0 Å². The zero-order valence-corrected chi connectivity index (χ0v) is 16.2. The van der Waals surface area contributed by atoms with Gasteiger partial charge in [0.05, 0.1) is 28.1 Å². The summed E-state index contributed by atoms with van der Waals surface area (Å²) >= 11 is 1.66. The first-order chi connectivity index (χ1) is 13.8. The number of benzene rings is 1. The van der Waals surface area contributed by atoms with Crippen LogP contribution in [0.3, 0.4) is 0 Å². The van der Waals surface area contributed by atoms with E-state index in [1.54, 1.807) is 30.1 Å². The van der Waals surface area contributed by atoms with E-state index in [9.17, 15) is 4.79 Å². The number of imidazole rings is 1. The number of amides is 1. The Kier molecular flexibility index (Phi) is 5.72. The molecule has 0 saturated carbocycles. The number of para-hydroxylation sites is 2. The van der Waals surface area contributed by atoms with Crippen LogP contribution in [0.5, 0.6) is 0 Å². The molecule has 0 atom stereocenters. The third kappa shape index (κ3) is 4.43. The van der Waals surface area contributed by atoms with Gasteiger partial charge in [0.15, 0.2) is 0 Å². The predicted molar refractivity (Wildman–Crippen MR) is 111 cm³/mol. The number of hydrogen-bond donors (Lipinski definition) is 1. The van der Waals surface area contributed by atoms with Gasteiger partial charge in [-0.25, -0.2) is 9.97 Å². The topological polar surface area (TPSA) is 72.7 Å². The molecule has 0 saturated heterocycles. The SMILES string of the molecule is O=C(CCn1cnc2ccccc21)NCCCc1nc(-c2ccncc2)cs1. The zero-order valence-electron chi connectivity index (χ0n) is 15.4. The van der Waals surface area contributed by atoms with Gasteiger partial charge in [-0.3, -0.25) is 9.78 Å². The lowest BCUT2D eigenvalue weighted by atomic mass is 10.2. The Hall–Kier alpha value is -3.06. The van der Waals surface area contributed by atoms with Crippen LogP contribution < -0.4 is 5.32 Å². The molecule has 0 unspecified atom stereocenters. The molecule has 6 nitrogen and oxygen atoms in total. The molecule has 0 aliphatic carbocycles. The summed E-state index contributed by atoms with van der Waals surface area (Å²) in [4.78, 5) is 25.2. The summed E-state index contributed by atoms with van der Waals surface area (Å²) in [6.07, 6.45) is 7.53. The number of carbonyl (C=O) groups is 1. The van der Waals surface area contributed by atoms with E-state index in [1.165, 1.54) is 0 Å². The number of aryl methyl sites for hydroxylation is 2. The van der Waals surface area contributed by atoms with Crippen molar-refractivity contribution in [3.05, 3.63) is 65.5 Å². The molecule has 1 N–H and O–H groups in total. The van der Waals surface area contributed by atoms with Crippen molar-refractivity contribution in [3.63, 3.8) is 0 Å². The largest absolute Gasteiger partial charge is 0.356 e. The Morgan fingerprint density at radius 1 is 1.14 bits per heavy atom. The van der Waals surface area contributed by atoms with Gasteiger partial charge in [-0.1, -0.05) is 12.1 Å². The Bertz CT molecular complexity index is 1060. The Balaban J connectivity index is 1.19. The monoisotopic (exact) mass is 391 g/mol. The second-order valence-electron chi connectivity index (χ2n) is 6.49. The number of nitrogens with one attached hydrogen (secondary N) is 1. The molecule has 0 fully saturated rings. The smallest absolute Gasteiger partial charge is 0.221 e. The van der Waals surface area contributed by atoms with Crippen molar-refractivity contribution in [3.8, 4) is 11.3 Å². The highest BCUT2D eigenvalue weighted by Gasteiger charge is 2.07. The zero-order chi connectivity index (χ0) is 19.2. The molecule has 0 radical (unpaired) electrons. The highest BCUT2D eigenvalue weighted by Crippen LogP contribution is 2.21. The van der Waals surface area contributed by atoms with E-state index in [4.69, 9.17) is 0 Å². The minimum atomic E-state index is 0.0643. The number of thiazole rings is 1. The van der Waals surface area contributed by atoms with Gasteiger partial charge in [-0.2, -0.15) is 0 Å². The molecule has 4 aromatic rings. The molecule has 0 aliphatic rings. The van der Waals surface area contributed by atoms with Crippen LogP contribution in [-0.4, -0.2) is 32.0 Å². The van der Waals surface area contributed by atoms with Crippen molar-refractivity contribution in [1.82, 2.24) is 24.8 Å². The maximum Gasteiger partial charge on any atom is 0.221 e. The van der Waals surface area contributed by atoms with Crippen molar-refractivity contribution < 1.29 is 4.79 Å². The lowest BCUT2D eigenvalue weighted by Crippen LogP contribution is -2.25. The van der Waals surface area contributed by atoms with Gasteiger partial charge in [-0.15, -0.1) is 11.3 Å². The summed E-state index contributed by atoms with van der Waals surface area (Å²) in [6.45, 7) is 1.29. The summed E-state index contributed by atoms with van der Waals surface area (Å²) in [5.74, 6) is 0.0643. The fourth-order valence-corrected chi connectivity index (χ4v) is 3.90. The summed E-state index contributed by atoms with van der Waals surface area (Å²) in [6, 6.07) is 11.9. The lowest BCUT2D eigenvalue weighted by molar-refractivity contribution is -0.121. The van der Waals surface area contributed by atoms with Crippen LogP contribution in [-0.2, 0) is 17.8 Å². The van der Waals surface area contributed by atoms with Crippen LogP contribution in [0.2, 0.25) is 0 Å². The van der Waals surface area contributed by atoms with E-state index in [0.29, 0.717) is 19.5 Å². The maximum atomic E-state index is 12.1. The molecular formula is C21H21N5OS. The minimum Gasteiger partial charge on any atom is -0.356 e. The van der Waals surface area contributed by atoms with Gasteiger partial charge in [0, 0.05) is 49.3 Å². The van der Waals surface area contributed by atoms with Gasteiger partial charge >= 0.3 is 0 Å². The standard InChI is InChI=1S/C21H21N5OS/c27-20(9-13-26-15-24-17-4-1-2-5-19(17)26)23-10-3-6-21-25-18(14-28-21)16-7-11-22-12-8-16/h1-2,4-5,7-8,11-12,14-15H,3,6,9-10,13H2,(H,23,27). The Morgan fingerprint density at radius 2 is 2.00 bits per heavy atom. The molecule has 7 heteroatoms. The molecule has 3 heterocycles. The number of nitrogens with zero attached hydrogens (tertiary/aromatic N) is 4. The van der Waals surface area contributed by atoms with Crippen LogP contribution in [0, 0.1) is 0 Å². The van der Waals surface area contributed by atoms with Gasteiger partial charge in [0.25, 0.3) is 0 Å². The third-order valence-corrected chi connectivity index (χ3v) is 5.43. The average molecular weight is 392 g/mol. The van der Waals surface area contributed by atoms with Crippen molar-refractivity contribution >= 4 is 28.3 Å². The number of aromatic nitrogens is 4. The fraction of sp³-hybridized carbons (Fsp3) is 0.238. The number of carbonyl (C=O) groups excluding carboxylic acids is 1. The van der Waals surface area contributed by atoms with E-state index in [0.717, 1.165) is 40.1 Å². The fourth-order valence-electron chi connectivity index (χ4n) is 3.05. The summed E-state index contributed by atoms with van der Waals surface area (Å²) in [5, 5.41) is 6.15. The number of hydrogen-bond acceptors (Lipinski definition) is 5. The van der Waals surface area contributed by atoms with Gasteiger partial charge in [0.1, 0.15) is 0 Å². The number of fused-ring (bicyclic) bond motifs is 1. The molecule has 3 aromatic heterocycles. The van der Waals surface area contributed by atoms with Crippen LogP contribution in [0.1, 0.15) is 17.8 Å². The maximum absolute atomic E-state index is 12.1. The normalized spacial score (nSPS) is 11.0. The predicted octanol–water partition coefficient (Wildman–Crippen LogP) is 3.69. The van der Waals surface area contributed by atoms with Gasteiger partial charge in [-0.05, 0) is 30.7 Å². The quantitative estimate of drug-likeness (QED) is 0.465.